The molecule has 0 radical (unpaired) electrons. The number of sulfone groups is 1. The van der Waals surface area contributed by atoms with E-state index >= 15 is 0 Å². The Morgan fingerprint density at radius 1 is 0.970 bits per heavy atom. The van der Waals surface area contributed by atoms with E-state index in [4.69, 9.17) is 4.42 Å². The predicted octanol–water partition coefficient (Wildman–Crippen LogP) is 2.08. The minimum atomic E-state index is -3.71. The number of carbonyl (C=O) groups is 1. The number of benzene rings is 2. The highest BCUT2D eigenvalue weighted by Crippen LogP contribution is 2.25. The van der Waals surface area contributed by atoms with Crippen molar-refractivity contribution in [1.82, 2.24) is 14.5 Å². The zero-order valence-corrected chi connectivity index (χ0v) is 19.1. The first-order valence-electron chi connectivity index (χ1n) is 10.2. The number of hydrogen-bond donors (Lipinski definition) is 1. The Morgan fingerprint density at radius 2 is 1.61 bits per heavy atom. The van der Waals surface area contributed by atoms with Crippen LogP contribution in [0.1, 0.15) is 18.7 Å². The first kappa shape index (κ1) is 23.1. The van der Waals surface area contributed by atoms with Crippen molar-refractivity contribution in [2.75, 3.05) is 18.4 Å². The van der Waals surface area contributed by atoms with Crippen LogP contribution in [0.15, 0.2) is 74.9 Å². The molecule has 10 nitrogen and oxygen atoms in total. The average molecular weight is 491 g/mol. The Labute approximate surface area is 191 Å². The Bertz CT molecular complexity index is 1330. The van der Waals surface area contributed by atoms with E-state index in [1.807, 2.05) is 0 Å². The second kappa shape index (κ2) is 9.41. The molecule has 1 saturated heterocycles. The zero-order valence-electron chi connectivity index (χ0n) is 17.5. The monoisotopic (exact) mass is 490 g/mol. The van der Waals surface area contributed by atoms with E-state index in [9.17, 15) is 21.6 Å². The quantitative estimate of drug-likeness (QED) is 0.531. The number of nitrogens with zero attached hydrogens (tertiary/aromatic N) is 3. The number of hydrogen-bond acceptors (Lipinski definition) is 8. The molecule has 0 spiro atoms. The summed E-state index contributed by atoms with van der Waals surface area (Å²) in [5.41, 5.74) is 0. The van der Waals surface area contributed by atoms with Gasteiger partial charge in [-0.15, -0.1) is 5.10 Å². The van der Waals surface area contributed by atoms with E-state index in [1.165, 1.54) is 28.6 Å². The van der Waals surface area contributed by atoms with Gasteiger partial charge in [-0.25, -0.2) is 16.8 Å². The lowest BCUT2D eigenvalue weighted by Gasteiger charge is -2.30. The normalized spacial score (nSPS) is 17.5. The topological polar surface area (TPSA) is 140 Å². The predicted molar refractivity (Wildman–Crippen MR) is 118 cm³/mol. The van der Waals surface area contributed by atoms with Gasteiger partial charge in [-0.2, -0.15) is 4.31 Å². The minimum Gasteiger partial charge on any atom is -0.407 e. The molecule has 1 N–H and O–H groups in total. The molecule has 1 aromatic heterocycles. The number of anilines is 1. The lowest BCUT2D eigenvalue weighted by Crippen LogP contribution is -2.43. The van der Waals surface area contributed by atoms with Gasteiger partial charge in [0.05, 0.1) is 15.7 Å². The number of sulfonamides is 1. The molecule has 0 aliphatic carbocycles. The average Bonchev–Trinajstić information content (AvgIpc) is 3.26. The summed E-state index contributed by atoms with van der Waals surface area (Å²) in [6.45, 7) is 0.343. The molecule has 0 saturated carbocycles. The fraction of sp³-hybridized carbons (Fsp3) is 0.286. The number of aromatic nitrogens is 2. The van der Waals surface area contributed by atoms with Crippen LogP contribution in [0.5, 0.6) is 0 Å². The molecule has 3 aromatic rings. The van der Waals surface area contributed by atoms with Crippen LogP contribution in [-0.4, -0.2) is 50.3 Å². The lowest BCUT2D eigenvalue weighted by molar-refractivity contribution is -0.121. The van der Waals surface area contributed by atoms with Gasteiger partial charge in [0.25, 0.3) is 0 Å². The summed E-state index contributed by atoms with van der Waals surface area (Å²) >= 11 is 0. The Hall–Kier alpha value is -3.09. The van der Waals surface area contributed by atoms with E-state index < -0.39 is 37.4 Å². The highest BCUT2D eigenvalue weighted by atomic mass is 32.2. The molecule has 1 aliphatic rings. The fourth-order valence-electron chi connectivity index (χ4n) is 3.56. The van der Waals surface area contributed by atoms with Crippen molar-refractivity contribution in [3.8, 4) is 0 Å². The van der Waals surface area contributed by atoms with E-state index in [-0.39, 0.29) is 28.2 Å². The summed E-state index contributed by atoms with van der Waals surface area (Å²) in [7, 11) is -7.39. The summed E-state index contributed by atoms with van der Waals surface area (Å²) < 4.78 is 57.2. The summed E-state index contributed by atoms with van der Waals surface area (Å²) in [5, 5.41) is 9.88. The second-order valence-electron chi connectivity index (χ2n) is 7.58. The number of nitrogens with one attached hydrogen (secondary N) is 1. The third-order valence-corrected chi connectivity index (χ3v) is 8.75. The summed E-state index contributed by atoms with van der Waals surface area (Å²) in [4.78, 5) is 13.0. The number of rotatable bonds is 7. The van der Waals surface area contributed by atoms with Gasteiger partial charge >= 0.3 is 6.01 Å². The van der Waals surface area contributed by atoms with Crippen LogP contribution in [0.25, 0.3) is 0 Å². The van der Waals surface area contributed by atoms with Crippen LogP contribution in [0.2, 0.25) is 0 Å². The summed E-state index contributed by atoms with van der Waals surface area (Å²) in [6.07, 6.45) is 1.02. The Kier molecular flexibility index (Phi) is 6.58. The molecule has 1 aliphatic heterocycles. The SMILES string of the molecule is O=C(Nc1nnc(CS(=O)(=O)c2ccccc2)o1)C1CCCN(S(=O)(=O)c2ccccc2)C1. The van der Waals surface area contributed by atoms with Crippen LogP contribution in [0.4, 0.5) is 6.01 Å². The molecular weight excluding hydrogens is 468 g/mol. The number of amides is 1. The van der Waals surface area contributed by atoms with Crippen LogP contribution >= 0.6 is 0 Å². The van der Waals surface area contributed by atoms with E-state index in [2.05, 4.69) is 15.5 Å². The second-order valence-corrected chi connectivity index (χ2v) is 11.5. The van der Waals surface area contributed by atoms with Crippen molar-refractivity contribution in [3.63, 3.8) is 0 Å². The minimum absolute atomic E-state index is 0.0203. The standard InChI is InChI=1S/C21H22N4O6S2/c26-20(16-8-7-13-25(14-16)33(29,30)18-11-5-2-6-12-18)22-21-24-23-19(31-21)15-32(27,28)17-9-3-1-4-10-17/h1-6,9-12,16H,7-8,13-15H2,(H,22,24,26). The molecule has 12 heteroatoms. The number of piperidine rings is 1. The molecule has 0 bridgehead atoms. The van der Waals surface area contributed by atoms with Crippen molar-refractivity contribution >= 4 is 31.8 Å². The smallest absolute Gasteiger partial charge is 0.322 e. The highest BCUT2D eigenvalue weighted by Gasteiger charge is 2.33. The van der Waals surface area contributed by atoms with Crippen LogP contribution in [-0.2, 0) is 30.4 Å². The van der Waals surface area contributed by atoms with E-state index in [0.29, 0.717) is 19.4 Å². The molecule has 1 fully saturated rings. The molecular formula is C21H22N4O6S2. The molecule has 1 amide bonds. The Balaban J connectivity index is 1.40. The van der Waals surface area contributed by atoms with Gasteiger partial charge in [-0.3, -0.25) is 10.1 Å². The first-order chi connectivity index (χ1) is 15.8. The maximum absolute atomic E-state index is 12.9. The molecule has 33 heavy (non-hydrogen) atoms. The number of carbonyl (C=O) groups excluding carboxylic acids is 1. The van der Waals surface area contributed by atoms with Gasteiger partial charge < -0.3 is 4.42 Å². The molecule has 2 aromatic carbocycles. The van der Waals surface area contributed by atoms with Crippen LogP contribution in [0.3, 0.4) is 0 Å². The maximum Gasteiger partial charge on any atom is 0.322 e. The van der Waals surface area contributed by atoms with Gasteiger partial charge in [0.2, 0.25) is 21.8 Å². The maximum atomic E-state index is 12.9. The van der Waals surface area contributed by atoms with E-state index in [0.717, 1.165) is 0 Å². The first-order valence-corrected chi connectivity index (χ1v) is 13.3. The third-order valence-electron chi connectivity index (χ3n) is 5.25. The van der Waals surface area contributed by atoms with Gasteiger partial charge in [-0.1, -0.05) is 41.5 Å². The van der Waals surface area contributed by atoms with Crippen molar-refractivity contribution in [2.45, 2.75) is 28.4 Å². The lowest BCUT2D eigenvalue weighted by atomic mass is 9.99. The Morgan fingerprint density at radius 3 is 2.27 bits per heavy atom. The molecule has 4 rings (SSSR count). The van der Waals surface area contributed by atoms with Crippen molar-refractivity contribution in [2.24, 2.45) is 5.92 Å². The third kappa shape index (κ3) is 5.29. The van der Waals surface area contributed by atoms with Crippen LogP contribution in [0, 0.1) is 5.92 Å². The van der Waals surface area contributed by atoms with Gasteiger partial charge in [0, 0.05) is 13.1 Å². The van der Waals surface area contributed by atoms with Crippen molar-refractivity contribution in [1.29, 1.82) is 0 Å². The van der Waals surface area contributed by atoms with Crippen molar-refractivity contribution < 1.29 is 26.0 Å². The molecule has 1 unspecified atom stereocenters. The van der Waals surface area contributed by atoms with Gasteiger partial charge in [-0.05, 0) is 37.1 Å². The van der Waals surface area contributed by atoms with Gasteiger partial charge in [0.1, 0.15) is 5.75 Å². The molecule has 2 heterocycles. The largest absolute Gasteiger partial charge is 0.407 e. The molecule has 1 atom stereocenters. The van der Waals surface area contributed by atoms with Crippen LogP contribution < -0.4 is 5.32 Å². The summed E-state index contributed by atoms with van der Waals surface area (Å²) in [6, 6.07) is 15.7. The fourth-order valence-corrected chi connectivity index (χ4v) is 6.29. The zero-order chi connectivity index (χ0) is 23.5. The van der Waals surface area contributed by atoms with E-state index in [1.54, 1.807) is 36.4 Å². The summed E-state index contributed by atoms with van der Waals surface area (Å²) in [5.74, 6) is -1.75. The molecule has 174 valence electrons. The van der Waals surface area contributed by atoms with Gasteiger partial charge in [0.15, 0.2) is 9.84 Å². The highest BCUT2D eigenvalue weighted by molar-refractivity contribution is 7.90. The van der Waals surface area contributed by atoms with Crippen molar-refractivity contribution in [3.05, 3.63) is 66.6 Å².